The third kappa shape index (κ3) is 3.87. The van der Waals surface area contributed by atoms with Crippen LogP contribution in [0.4, 0.5) is 10.5 Å². The minimum Gasteiger partial charge on any atom is -0.398 e. The number of hydrogen-bond acceptors (Lipinski definition) is 4. The van der Waals surface area contributed by atoms with E-state index in [1.165, 1.54) is 0 Å². The van der Waals surface area contributed by atoms with Gasteiger partial charge in [0, 0.05) is 5.69 Å². The molecule has 0 saturated heterocycles. The van der Waals surface area contributed by atoms with Gasteiger partial charge in [-0.15, -0.1) is 0 Å². The maximum absolute atomic E-state index is 11.8. The van der Waals surface area contributed by atoms with E-state index in [2.05, 4.69) is 0 Å². The molecule has 6 nitrogen and oxygen atoms in total. The summed E-state index contributed by atoms with van der Waals surface area (Å²) in [5, 5.41) is 1.84. The molecule has 0 radical (unpaired) electrons. The Labute approximate surface area is 101 Å². The van der Waals surface area contributed by atoms with E-state index in [0.717, 1.165) is 5.56 Å². The fourth-order valence-corrected chi connectivity index (χ4v) is 2.32. The molecule has 1 unspecified atom stereocenters. The van der Waals surface area contributed by atoms with Gasteiger partial charge in [0.05, 0.1) is 15.7 Å². The summed E-state index contributed by atoms with van der Waals surface area (Å²) in [4.78, 5) is 22.0. The first-order valence-electron chi connectivity index (χ1n) is 4.74. The fraction of sp³-hybridized carbons (Fsp3) is 0.200. The highest BCUT2D eigenvalue weighted by Crippen LogP contribution is 2.17. The van der Waals surface area contributed by atoms with Crippen molar-refractivity contribution in [1.29, 1.82) is 0 Å². The van der Waals surface area contributed by atoms with Gasteiger partial charge in [0.1, 0.15) is 5.75 Å². The highest BCUT2D eigenvalue weighted by Gasteiger charge is 2.14. The summed E-state index contributed by atoms with van der Waals surface area (Å²) >= 11 is 0. The first-order valence-corrected chi connectivity index (χ1v) is 6.06. The Morgan fingerprint density at radius 1 is 1.41 bits per heavy atom. The third-order valence-electron chi connectivity index (χ3n) is 1.94. The number of imide groups is 1. The van der Waals surface area contributed by atoms with Crippen molar-refractivity contribution in [1.82, 2.24) is 5.32 Å². The molecule has 1 rings (SSSR count). The van der Waals surface area contributed by atoms with Crippen molar-refractivity contribution in [2.45, 2.75) is 11.8 Å². The topological polar surface area (TPSA) is 115 Å². The Morgan fingerprint density at radius 2 is 2.06 bits per heavy atom. The average Bonchev–Trinajstić information content (AvgIpc) is 2.20. The van der Waals surface area contributed by atoms with Crippen LogP contribution in [-0.4, -0.2) is 21.9 Å². The Morgan fingerprint density at radius 3 is 2.65 bits per heavy atom. The van der Waals surface area contributed by atoms with Crippen LogP contribution in [-0.2, 0) is 15.6 Å². The number of primary amides is 1. The number of carbonyl (C=O) groups is 2. The SMILES string of the molecule is Cc1ccc(N)c(S(=O)CC(=O)NC(N)=O)c1. The Bertz CT molecular complexity index is 488. The summed E-state index contributed by atoms with van der Waals surface area (Å²) in [6, 6.07) is 4.07. The summed E-state index contributed by atoms with van der Waals surface area (Å²) in [6.07, 6.45) is 0. The van der Waals surface area contributed by atoms with Gasteiger partial charge in [-0.1, -0.05) is 6.07 Å². The van der Waals surface area contributed by atoms with Gasteiger partial charge in [-0.3, -0.25) is 14.3 Å². The molecule has 0 aliphatic carbocycles. The largest absolute Gasteiger partial charge is 0.398 e. The summed E-state index contributed by atoms with van der Waals surface area (Å²) in [5.41, 5.74) is 11.7. The molecule has 0 saturated carbocycles. The zero-order valence-corrected chi connectivity index (χ0v) is 10.0. The highest BCUT2D eigenvalue weighted by atomic mass is 32.2. The molecule has 1 atom stereocenters. The molecule has 5 N–H and O–H groups in total. The molecule has 3 amide bonds. The Balaban J connectivity index is 2.80. The standard InChI is InChI=1S/C10H13N3O3S/c1-6-2-3-7(11)8(4-6)17(16)5-9(14)13-10(12)15/h2-4H,5,11H2,1H3,(H3,12,13,14,15). The van der Waals surface area contributed by atoms with Crippen molar-refractivity contribution in [2.75, 3.05) is 11.5 Å². The maximum atomic E-state index is 11.8. The number of anilines is 1. The molecule has 0 fully saturated rings. The van der Waals surface area contributed by atoms with Crippen LogP contribution in [0.3, 0.4) is 0 Å². The summed E-state index contributed by atoms with van der Waals surface area (Å²) in [7, 11) is -1.60. The summed E-state index contributed by atoms with van der Waals surface area (Å²) in [5.74, 6) is -1.05. The molecule has 92 valence electrons. The summed E-state index contributed by atoms with van der Waals surface area (Å²) < 4.78 is 11.8. The molecule has 0 spiro atoms. The van der Waals surface area contributed by atoms with Gasteiger partial charge in [0.2, 0.25) is 5.91 Å². The third-order valence-corrected chi connectivity index (χ3v) is 3.31. The molecule has 0 aliphatic rings. The zero-order valence-electron chi connectivity index (χ0n) is 9.23. The molecule has 0 heterocycles. The van der Waals surface area contributed by atoms with Crippen molar-refractivity contribution in [3.63, 3.8) is 0 Å². The van der Waals surface area contributed by atoms with Crippen LogP contribution in [0, 0.1) is 6.92 Å². The lowest BCUT2D eigenvalue weighted by Crippen LogP contribution is -2.37. The van der Waals surface area contributed by atoms with Gasteiger partial charge in [0.15, 0.2) is 0 Å². The van der Waals surface area contributed by atoms with E-state index in [1.807, 2.05) is 12.2 Å². The number of nitrogens with two attached hydrogens (primary N) is 2. The normalized spacial score (nSPS) is 11.8. The van der Waals surface area contributed by atoms with Crippen LogP contribution in [0.25, 0.3) is 0 Å². The second-order valence-corrected chi connectivity index (χ2v) is 4.86. The number of rotatable bonds is 3. The average molecular weight is 255 g/mol. The van der Waals surface area contributed by atoms with Gasteiger partial charge in [0.25, 0.3) is 0 Å². The molecule has 0 aromatic heterocycles. The second kappa shape index (κ2) is 5.44. The number of amides is 3. The van der Waals surface area contributed by atoms with Gasteiger partial charge in [-0.2, -0.15) is 0 Å². The first kappa shape index (κ1) is 13.2. The molecular weight excluding hydrogens is 242 g/mol. The van der Waals surface area contributed by atoms with Gasteiger partial charge < -0.3 is 11.5 Å². The van der Waals surface area contributed by atoms with Crippen LogP contribution in [0.5, 0.6) is 0 Å². The number of hydrogen-bond donors (Lipinski definition) is 3. The van der Waals surface area contributed by atoms with E-state index in [9.17, 15) is 13.8 Å². The molecule has 0 bridgehead atoms. The van der Waals surface area contributed by atoms with E-state index in [1.54, 1.807) is 18.2 Å². The van der Waals surface area contributed by atoms with Crippen LogP contribution in [0.2, 0.25) is 0 Å². The van der Waals surface area contributed by atoms with Crippen LogP contribution in [0.1, 0.15) is 5.56 Å². The number of carbonyl (C=O) groups excluding carboxylic acids is 2. The predicted octanol–water partition coefficient (Wildman–Crippen LogP) is -0.120. The summed E-state index contributed by atoms with van der Waals surface area (Å²) in [6.45, 7) is 1.82. The Kier molecular flexibility index (Phi) is 4.22. The smallest absolute Gasteiger partial charge is 0.318 e. The molecule has 7 heteroatoms. The fourth-order valence-electron chi connectivity index (χ4n) is 1.21. The van der Waals surface area contributed by atoms with Crippen molar-refractivity contribution in [3.05, 3.63) is 23.8 Å². The lowest BCUT2D eigenvalue weighted by molar-refractivity contribution is -0.117. The number of nitrogens with one attached hydrogen (secondary N) is 1. The van der Waals surface area contributed by atoms with Crippen LogP contribution >= 0.6 is 0 Å². The lowest BCUT2D eigenvalue weighted by Gasteiger charge is -2.06. The van der Waals surface area contributed by atoms with Crippen molar-refractivity contribution < 1.29 is 13.8 Å². The van der Waals surface area contributed by atoms with Crippen molar-refractivity contribution in [3.8, 4) is 0 Å². The quantitative estimate of drug-likeness (QED) is 0.653. The van der Waals surface area contributed by atoms with E-state index >= 15 is 0 Å². The van der Waals surface area contributed by atoms with Crippen molar-refractivity contribution in [2.24, 2.45) is 5.73 Å². The lowest BCUT2D eigenvalue weighted by atomic mass is 10.2. The van der Waals surface area contributed by atoms with E-state index in [0.29, 0.717) is 10.6 Å². The van der Waals surface area contributed by atoms with E-state index in [-0.39, 0.29) is 5.75 Å². The van der Waals surface area contributed by atoms with Crippen LogP contribution < -0.4 is 16.8 Å². The minimum atomic E-state index is -1.60. The number of urea groups is 1. The van der Waals surface area contributed by atoms with Crippen molar-refractivity contribution >= 4 is 28.4 Å². The first-order chi connectivity index (χ1) is 7.90. The predicted molar refractivity (Wildman–Crippen MR) is 64.6 cm³/mol. The second-order valence-electron chi connectivity index (χ2n) is 3.44. The Hall–Kier alpha value is -1.89. The van der Waals surface area contributed by atoms with Gasteiger partial charge in [-0.25, -0.2) is 4.79 Å². The molecule has 0 aliphatic heterocycles. The molecule has 1 aromatic carbocycles. The monoisotopic (exact) mass is 255 g/mol. The highest BCUT2D eigenvalue weighted by molar-refractivity contribution is 7.86. The molecule has 17 heavy (non-hydrogen) atoms. The van der Waals surface area contributed by atoms with Crippen LogP contribution in [0.15, 0.2) is 23.1 Å². The number of benzene rings is 1. The minimum absolute atomic E-state index is 0.348. The zero-order chi connectivity index (χ0) is 13.0. The van der Waals surface area contributed by atoms with E-state index < -0.39 is 22.7 Å². The van der Waals surface area contributed by atoms with Gasteiger partial charge >= 0.3 is 6.03 Å². The van der Waals surface area contributed by atoms with E-state index in [4.69, 9.17) is 11.5 Å². The maximum Gasteiger partial charge on any atom is 0.318 e. The number of aryl methyl sites for hydroxylation is 1. The van der Waals surface area contributed by atoms with Gasteiger partial charge in [-0.05, 0) is 24.6 Å². The number of nitrogen functional groups attached to an aromatic ring is 1. The molecular formula is C10H13N3O3S. The molecule has 1 aromatic rings.